The Kier molecular flexibility index (Phi) is 13.3. The summed E-state index contributed by atoms with van der Waals surface area (Å²) in [5.41, 5.74) is 0. The first kappa shape index (κ1) is 22.7. The molecule has 0 spiro atoms. The van der Waals surface area contributed by atoms with E-state index in [4.69, 9.17) is 4.74 Å². The number of carbonyl (C=O) groups is 1. The standard InChI is InChI=1S/C18H38N4O2/c1-7-19-18(20-12-9-11-17(23)24-8-2)21-13-10-14-22(15(3)4)16(5)6/h15-16H,7-14H2,1-6H3,(H2,19,20,21). The van der Waals surface area contributed by atoms with Crippen molar-refractivity contribution in [1.82, 2.24) is 15.5 Å². The van der Waals surface area contributed by atoms with Gasteiger partial charge in [-0.2, -0.15) is 0 Å². The molecule has 0 heterocycles. The van der Waals surface area contributed by atoms with Gasteiger partial charge in [0.25, 0.3) is 0 Å². The van der Waals surface area contributed by atoms with Gasteiger partial charge in [0.2, 0.25) is 0 Å². The molecule has 0 saturated carbocycles. The second-order valence-corrected chi connectivity index (χ2v) is 6.37. The Labute approximate surface area is 148 Å². The number of hydrogen-bond acceptors (Lipinski definition) is 4. The third kappa shape index (κ3) is 11.3. The monoisotopic (exact) mass is 342 g/mol. The summed E-state index contributed by atoms with van der Waals surface area (Å²) in [5, 5.41) is 6.60. The van der Waals surface area contributed by atoms with Gasteiger partial charge in [-0.05, 0) is 54.4 Å². The normalized spacial score (nSPS) is 12.1. The molecular formula is C18H38N4O2. The van der Waals surface area contributed by atoms with Crippen LogP contribution in [0.4, 0.5) is 0 Å². The van der Waals surface area contributed by atoms with Crippen molar-refractivity contribution in [3.8, 4) is 0 Å². The first-order valence-electron chi connectivity index (χ1n) is 9.35. The van der Waals surface area contributed by atoms with Crippen LogP contribution in [0.3, 0.4) is 0 Å². The molecule has 0 aliphatic rings. The Morgan fingerprint density at radius 1 is 1.08 bits per heavy atom. The molecule has 0 aromatic heterocycles. The van der Waals surface area contributed by atoms with Crippen molar-refractivity contribution in [2.75, 3.05) is 32.8 Å². The van der Waals surface area contributed by atoms with Gasteiger partial charge in [-0.15, -0.1) is 0 Å². The zero-order chi connectivity index (χ0) is 18.4. The summed E-state index contributed by atoms with van der Waals surface area (Å²) in [5.74, 6) is 0.676. The quantitative estimate of drug-likeness (QED) is 0.247. The average Bonchev–Trinajstić information content (AvgIpc) is 2.50. The van der Waals surface area contributed by atoms with Gasteiger partial charge in [0.05, 0.1) is 6.61 Å². The van der Waals surface area contributed by atoms with Crippen LogP contribution in [-0.2, 0) is 9.53 Å². The maximum Gasteiger partial charge on any atom is 0.305 e. The Hall–Kier alpha value is -1.30. The SMILES string of the molecule is CCNC(=NCCCC(=O)OCC)NCCCN(C(C)C)C(C)C. The summed E-state index contributed by atoms with van der Waals surface area (Å²) in [7, 11) is 0. The topological polar surface area (TPSA) is 66.0 Å². The second kappa shape index (κ2) is 14.1. The van der Waals surface area contributed by atoms with Crippen LogP contribution in [0.15, 0.2) is 4.99 Å². The van der Waals surface area contributed by atoms with Crippen LogP contribution >= 0.6 is 0 Å². The maximum absolute atomic E-state index is 11.3. The number of ether oxygens (including phenoxy) is 1. The van der Waals surface area contributed by atoms with E-state index >= 15 is 0 Å². The van der Waals surface area contributed by atoms with Crippen LogP contribution in [0.2, 0.25) is 0 Å². The number of carbonyl (C=O) groups excluding carboxylic acids is 1. The van der Waals surface area contributed by atoms with Crippen molar-refractivity contribution < 1.29 is 9.53 Å². The minimum atomic E-state index is -0.145. The van der Waals surface area contributed by atoms with E-state index in [-0.39, 0.29) is 5.97 Å². The van der Waals surface area contributed by atoms with Crippen molar-refractivity contribution in [1.29, 1.82) is 0 Å². The number of hydrogen-bond donors (Lipinski definition) is 2. The molecule has 0 rings (SSSR count). The van der Waals surface area contributed by atoms with Gasteiger partial charge in [0, 0.05) is 44.7 Å². The predicted molar refractivity (Wildman–Crippen MR) is 101 cm³/mol. The lowest BCUT2D eigenvalue weighted by Crippen LogP contribution is -2.41. The van der Waals surface area contributed by atoms with Crippen molar-refractivity contribution in [2.45, 2.75) is 72.9 Å². The number of guanidine groups is 1. The molecule has 0 aliphatic heterocycles. The van der Waals surface area contributed by atoms with E-state index in [0.717, 1.165) is 32.0 Å². The minimum absolute atomic E-state index is 0.145. The van der Waals surface area contributed by atoms with E-state index in [1.54, 1.807) is 0 Å². The average molecular weight is 343 g/mol. The lowest BCUT2D eigenvalue weighted by molar-refractivity contribution is -0.143. The summed E-state index contributed by atoms with van der Waals surface area (Å²) < 4.78 is 4.91. The Morgan fingerprint density at radius 3 is 2.29 bits per heavy atom. The lowest BCUT2D eigenvalue weighted by atomic mass is 10.2. The number of aliphatic imine (C=N–C) groups is 1. The van der Waals surface area contributed by atoms with Gasteiger partial charge in [-0.1, -0.05) is 0 Å². The molecule has 0 aromatic rings. The van der Waals surface area contributed by atoms with Gasteiger partial charge in [-0.25, -0.2) is 0 Å². The molecular weight excluding hydrogens is 304 g/mol. The van der Waals surface area contributed by atoms with Crippen LogP contribution in [0, 0.1) is 0 Å². The highest BCUT2D eigenvalue weighted by Crippen LogP contribution is 2.05. The second-order valence-electron chi connectivity index (χ2n) is 6.37. The molecule has 142 valence electrons. The highest BCUT2D eigenvalue weighted by atomic mass is 16.5. The van der Waals surface area contributed by atoms with Gasteiger partial charge in [0.15, 0.2) is 5.96 Å². The number of esters is 1. The van der Waals surface area contributed by atoms with Crippen LogP contribution in [-0.4, -0.2) is 61.7 Å². The largest absolute Gasteiger partial charge is 0.466 e. The van der Waals surface area contributed by atoms with Crippen molar-refractivity contribution >= 4 is 11.9 Å². The van der Waals surface area contributed by atoms with Gasteiger partial charge in [-0.3, -0.25) is 14.7 Å². The zero-order valence-corrected chi connectivity index (χ0v) is 16.5. The van der Waals surface area contributed by atoms with E-state index in [9.17, 15) is 4.79 Å². The van der Waals surface area contributed by atoms with Gasteiger partial charge >= 0.3 is 5.97 Å². The predicted octanol–water partition coefficient (Wildman–Crippen LogP) is 2.39. The Bertz CT molecular complexity index is 349. The highest BCUT2D eigenvalue weighted by Gasteiger charge is 2.12. The van der Waals surface area contributed by atoms with E-state index in [1.165, 1.54) is 0 Å². The molecule has 0 saturated heterocycles. The summed E-state index contributed by atoms with van der Waals surface area (Å²) in [6.07, 6.45) is 2.21. The summed E-state index contributed by atoms with van der Waals surface area (Å²) >= 11 is 0. The smallest absolute Gasteiger partial charge is 0.305 e. The molecule has 0 bridgehead atoms. The molecule has 0 unspecified atom stereocenters. The van der Waals surface area contributed by atoms with Crippen LogP contribution in [0.25, 0.3) is 0 Å². The summed E-state index contributed by atoms with van der Waals surface area (Å²) in [6, 6.07) is 1.13. The number of nitrogens with one attached hydrogen (secondary N) is 2. The Morgan fingerprint density at radius 2 is 1.75 bits per heavy atom. The maximum atomic E-state index is 11.3. The Balaban J connectivity index is 4.10. The molecule has 0 aliphatic carbocycles. The minimum Gasteiger partial charge on any atom is -0.466 e. The highest BCUT2D eigenvalue weighted by molar-refractivity contribution is 5.79. The van der Waals surface area contributed by atoms with E-state index in [2.05, 4.69) is 55.1 Å². The fraction of sp³-hybridized carbons (Fsp3) is 0.889. The first-order valence-corrected chi connectivity index (χ1v) is 9.35. The van der Waals surface area contributed by atoms with Crippen molar-refractivity contribution in [2.24, 2.45) is 4.99 Å². The molecule has 6 heteroatoms. The number of rotatable bonds is 12. The van der Waals surface area contributed by atoms with Crippen molar-refractivity contribution in [3.63, 3.8) is 0 Å². The third-order valence-electron chi connectivity index (χ3n) is 3.67. The molecule has 0 fully saturated rings. The molecule has 2 N–H and O–H groups in total. The molecule has 6 nitrogen and oxygen atoms in total. The van der Waals surface area contributed by atoms with Crippen LogP contribution in [0.1, 0.15) is 60.8 Å². The van der Waals surface area contributed by atoms with Gasteiger partial charge in [0.1, 0.15) is 0 Å². The van der Waals surface area contributed by atoms with Gasteiger partial charge < -0.3 is 15.4 Å². The van der Waals surface area contributed by atoms with Crippen molar-refractivity contribution in [3.05, 3.63) is 0 Å². The molecule has 0 aromatic carbocycles. The summed E-state index contributed by atoms with van der Waals surface area (Å²) in [4.78, 5) is 18.3. The molecule has 0 radical (unpaired) electrons. The zero-order valence-electron chi connectivity index (χ0n) is 16.5. The molecule has 24 heavy (non-hydrogen) atoms. The van der Waals surface area contributed by atoms with Crippen LogP contribution < -0.4 is 10.6 Å². The fourth-order valence-corrected chi connectivity index (χ4v) is 2.57. The van der Waals surface area contributed by atoms with E-state index in [0.29, 0.717) is 38.1 Å². The summed E-state index contributed by atoms with van der Waals surface area (Å²) in [6.45, 7) is 16.7. The number of nitrogens with zero attached hydrogens (tertiary/aromatic N) is 2. The van der Waals surface area contributed by atoms with Crippen LogP contribution in [0.5, 0.6) is 0 Å². The molecule has 0 atom stereocenters. The third-order valence-corrected chi connectivity index (χ3v) is 3.67. The fourth-order valence-electron chi connectivity index (χ4n) is 2.57. The van der Waals surface area contributed by atoms with E-state index in [1.807, 2.05) is 6.92 Å². The molecule has 0 amide bonds. The lowest BCUT2D eigenvalue weighted by Gasteiger charge is -2.30. The first-order chi connectivity index (χ1) is 11.4. The van der Waals surface area contributed by atoms with E-state index < -0.39 is 0 Å².